The van der Waals surface area contributed by atoms with Crippen LogP contribution in [-0.2, 0) is 0 Å². The highest BCUT2D eigenvalue weighted by Crippen LogP contribution is 2.34. The molecule has 5 aromatic rings. The number of allylic oxidation sites excluding steroid dienone is 1. The van der Waals surface area contributed by atoms with E-state index in [1.807, 2.05) is 60.7 Å². The second-order valence-electron chi connectivity index (χ2n) is 8.51. The number of ether oxygens (including phenoxy) is 2. The van der Waals surface area contributed by atoms with Crippen LogP contribution in [-0.4, -0.2) is 35.3 Å². The van der Waals surface area contributed by atoms with Crippen molar-refractivity contribution >= 4 is 22.8 Å². The molecule has 0 fully saturated rings. The van der Waals surface area contributed by atoms with E-state index in [4.69, 9.17) is 13.9 Å². The molecule has 3 N–H and O–H groups in total. The highest BCUT2D eigenvalue weighted by atomic mass is 16.5. The van der Waals surface area contributed by atoms with Crippen molar-refractivity contribution in [2.24, 2.45) is 0 Å². The number of carbonyl (C=O) groups is 1. The molecule has 0 amide bonds. The number of ketones is 1. The molecule has 8 heteroatoms. The number of phenols is 3. The van der Waals surface area contributed by atoms with Crippen molar-refractivity contribution in [3.05, 3.63) is 118 Å². The van der Waals surface area contributed by atoms with E-state index in [2.05, 4.69) is 0 Å². The van der Waals surface area contributed by atoms with Gasteiger partial charge in [0, 0.05) is 35.9 Å². The highest BCUT2D eigenvalue weighted by molar-refractivity contribution is 6.10. The van der Waals surface area contributed by atoms with Gasteiger partial charge < -0.3 is 29.2 Å². The molecule has 0 saturated heterocycles. The van der Waals surface area contributed by atoms with Crippen LogP contribution < -0.4 is 14.9 Å². The van der Waals surface area contributed by atoms with E-state index in [0.717, 1.165) is 17.2 Å². The lowest BCUT2D eigenvalue weighted by Gasteiger charge is -2.10. The SMILES string of the molecule is COc1cc(O)c(C(=O)C=Cc2ccccc2)c(OC)c1.O=c1cc(-c2ccccc2)oc2cc(O)cc(O)c12. The summed E-state index contributed by atoms with van der Waals surface area (Å²) in [5.74, 6) is 0.136. The highest BCUT2D eigenvalue weighted by Gasteiger charge is 2.17. The summed E-state index contributed by atoms with van der Waals surface area (Å²) >= 11 is 0. The lowest BCUT2D eigenvalue weighted by molar-refractivity contribution is 0.104. The van der Waals surface area contributed by atoms with E-state index in [9.17, 15) is 24.9 Å². The maximum atomic E-state index is 12.3. The van der Waals surface area contributed by atoms with E-state index in [1.165, 1.54) is 38.5 Å². The van der Waals surface area contributed by atoms with E-state index in [0.29, 0.717) is 11.5 Å². The van der Waals surface area contributed by atoms with Gasteiger partial charge in [0.25, 0.3) is 0 Å². The third kappa shape index (κ3) is 6.31. The van der Waals surface area contributed by atoms with E-state index in [1.54, 1.807) is 12.1 Å². The minimum atomic E-state index is -0.349. The summed E-state index contributed by atoms with van der Waals surface area (Å²) < 4.78 is 15.7. The molecular formula is C32H26O8. The zero-order valence-electron chi connectivity index (χ0n) is 21.7. The van der Waals surface area contributed by atoms with Crippen LogP contribution in [0, 0.1) is 0 Å². The van der Waals surface area contributed by atoms with Crippen LogP contribution >= 0.6 is 0 Å². The average Bonchev–Trinajstić information content (AvgIpc) is 2.96. The number of fused-ring (bicyclic) bond motifs is 1. The van der Waals surface area contributed by atoms with E-state index < -0.39 is 0 Å². The Kier molecular flexibility index (Phi) is 8.51. The first-order valence-electron chi connectivity index (χ1n) is 12.1. The van der Waals surface area contributed by atoms with Crippen LogP contribution in [0.2, 0.25) is 0 Å². The summed E-state index contributed by atoms with van der Waals surface area (Å²) in [6, 6.07) is 25.3. The van der Waals surface area contributed by atoms with Gasteiger partial charge in [-0.2, -0.15) is 0 Å². The number of hydrogen-bond acceptors (Lipinski definition) is 8. The normalized spacial score (nSPS) is 10.7. The Balaban J connectivity index is 0.000000186. The van der Waals surface area contributed by atoms with Crippen LogP contribution in [0.4, 0.5) is 0 Å². The maximum absolute atomic E-state index is 12.3. The fourth-order valence-electron chi connectivity index (χ4n) is 3.92. The molecule has 0 bridgehead atoms. The molecule has 0 radical (unpaired) electrons. The van der Waals surface area contributed by atoms with Crippen LogP contribution in [0.15, 0.2) is 106 Å². The zero-order valence-corrected chi connectivity index (χ0v) is 21.7. The lowest BCUT2D eigenvalue weighted by Crippen LogP contribution is -2.00. The van der Waals surface area contributed by atoms with Gasteiger partial charge in [-0.1, -0.05) is 66.7 Å². The molecule has 0 atom stereocenters. The van der Waals surface area contributed by atoms with E-state index in [-0.39, 0.29) is 50.7 Å². The Morgan fingerprint density at radius 3 is 2.12 bits per heavy atom. The Morgan fingerprint density at radius 2 is 1.48 bits per heavy atom. The Hall–Kier alpha value is -5.50. The van der Waals surface area contributed by atoms with Crippen molar-refractivity contribution in [2.45, 2.75) is 0 Å². The standard InChI is InChI=1S/C17H16O4.C15H10O4/c1-20-13-10-15(19)17(16(11-13)21-2)14(18)9-8-12-6-4-3-5-7-12;16-10-6-11(17)15-12(18)8-13(19-14(15)7-10)9-4-2-1-3-5-9/h3-11,19H,1-2H3;1-8,16-17H. The lowest BCUT2D eigenvalue weighted by atomic mass is 10.1. The number of benzene rings is 4. The largest absolute Gasteiger partial charge is 0.508 e. The molecule has 0 unspecified atom stereocenters. The molecule has 202 valence electrons. The molecule has 0 aliphatic rings. The number of hydrogen-bond donors (Lipinski definition) is 3. The molecule has 0 spiro atoms. The van der Waals surface area contributed by atoms with Crippen LogP contribution in [0.5, 0.6) is 28.7 Å². The molecular weight excluding hydrogens is 512 g/mol. The average molecular weight is 539 g/mol. The van der Waals surface area contributed by atoms with Crippen LogP contribution in [0.1, 0.15) is 15.9 Å². The van der Waals surface area contributed by atoms with Crippen molar-refractivity contribution in [3.8, 4) is 40.1 Å². The smallest absolute Gasteiger partial charge is 0.197 e. The first-order valence-corrected chi connectivity index (χ1v) is 12.1. The van der Waals surface area contributed by atoms with Gasteiger partial charge in [-0.25, -0.2) is 0 Å². The molecule has 4 aromatic carbocycles. The molecule has 1 heterocycles. The van der Waals surface area contributed by atoms with Gasteiger partial charge >= 0.3 is 0 Å². The second-order valence-corrected chi connectivity index (χ2v) is 8.51. The second kappa shape index (κ2) is 12.4. The van der Waals surface area contributed by atoms with Gasteiger partial charge in [-0.15, -0.1) is 0 Å². The monoisotopic (exact) mass is 538 g/mol. The number of carbonyl (C=O) groups excluding carboxylic acids is 1. The van der Waals surface area contributed by atoms with Gasteiger partial charge in [-0.3, -0.25) is 9.59 Å². The minimum Gasteiger partial charge on any atom is -0.508 e. The van der Waals surface area contributed by atoms with E-state index >= 15 is 0 Å². The van der Waals surface area contributed by atoms with Crippen molar-refractivity contribution in [1.29, 1.82) is 0 Å². The Morgan fingerprint density at radius 1 is 0.800 bits per heavy atom. The fraction of sp³-hybridized carbons (Fsp3) is 0.0625. The van der Waals surface area contributed by atoms with Crippen molar-refractivity contribution in [2.75, 3.05) is 14.2 Å². The predicted octanol–water partition coefficient (Wildman–Crippen LogP) is 6.18. The molecule has 0 aliphatic heterocycles. The van der Waals surface area contributed by atoms with Crippen molar-refractivity contribution in [1.82, 2.24) is 0 Å². The predicted molar refractivity (Wildman–Crippen MR) is 152 cm³/mol. The number of rotatable bonds is 6. The van der Waals surface area contributed by atoms with Gasteiger partial charge in [-0.05, 0) is 11.6 Å². The fourth-order valence-corrected chi connectivity index (χ4v) is 3.92. The summed E-state index contributed by atoms with van der Waals surface area (Å²) in [5, 5.41) is 29.2. The minimum absolute atomic E-state index is 0.0671. The molecule has 5 rings (SSSR count). The van der Waals surface area contributed by atoms with Crippen molar-refractivity contribution < 1.29 is 34.0 Å². The molecule has 0 aliphatic carbocycles. The third-order valence-electron chi connectivity index (χ3n) is 5.84. The quantitative estimate of drug-likeness (QED) is 0.173. The summed E-state index contributed by atoms with van der Waals surface area (Å²) in [7, 11) is 2.91. The summed E-state index contributed by atoms with van der Waals surface area (Å²) in [4.78, 5) is 24.3. The summed E-state index contributed by atoms with van der Waals surface area (Å²) in [6.45, 7) is 0. The topological polar surface area (TPSA) is 126 Å². The Labute approximate surface area is 229 Å². The number of aromatic hydroxyl groups is 3. The zero-order chi connectivity index (χ0) is 28.6. The summed E-state index contributed by atoms with van der Waals surface area (Å²) in [5.41, 5.74) is 1.58. The first kappa shape index (κ1) is 27.5. The maximum Gasteiger partial charge on any atom is 0.197 e. The molecule has 8 nitrogen and oxygen atoms in total. The summed E-state index contributed by atoms with van der Waals surface area (Å²) in [6.07, 6.45) is 3.09. The number of methoxy groups -OCH3 is 2. The van der Waals surface area contributed by atoms with Gasteiger partial charge in [0.15, 0.2) is 11.2 Å². The third-order valence-corrected chi connectivity index (χ3v) is 5.84. The van der Waals surface area contributed by atoms with Crippen LogP contribution in [0.3, 0.4) is 0 Å². The Bertz CT molecular complexity index is 1720. The first-order chi connectivity index (χ1) is 19.3. The molecule has 1 aromatic heterocycles. The van der Waals surface area contributed by atoms with Crippen LogP contribution in [0.25, 0.3) is 28.4 Å². The molecule has 40 heavy (non-hydrogen) atoms. The van der Waals surface area contributed by atoms with Gasteiger partial charge in [0.2, 0.25) is 0 Å². The van der Waals surface area contributed by atoms with Gasteiger partial charge in [0.1, 0.15) is 51.0 Å². The van der Waals surface area contributed by atoms with Crippen molar-refractivity contribution in [3.63, 3.8) is 0 Å². The number of phenolic OH excluding ortho intramolecular Hbond substituents is 3. The van der Waals surface area contributed by atoms with Gasteiger partial charge in [0.05, 0.1) is 14.2 Å². The molecule has 0 saturated carbocycles.